The van der Waals surface area contributed by atoms with Crippen LogP contribution in [0.25, 0.3) is 0 Å². The van der Waals surface area contributed by atoms with E-state index in [0.29, 0.717) is 12.2 Å². The average Bonchev–Trinajstić information content (AvgIpc) is 2.45. The van der Waals surface area contributed by atoms with Gasteiger partial charge in [0, 0.05) is 11.0 Å². The minimum atomic E-state index is 0.0653. The van der Waals surface area contributed by atoms with Gasteiger partial charge in [-0.2, -0.15) is 11.8 Å². The topological polar surface area (TPSA) is 26.3 Å². The molecule has 0 aromatic heterocycles. The first-order valence-corrected chi connectivity index (χ1v) is 8.16. The van der Waals surface area contributed by atoms with Crippen molar-refractivity contribution in [2.75, 3.05) is 12.4 Å². The molecule has 0 heterocycles. The van der Waals surface area contributed by atoms with Crippen LogP contribution in [-0.4, -0.2) is 23.4 Å². The van der Waals surface area contributed by atoms with Gasteiger partial charge in [-0.1, -0.05) is 31.4 Å². The molecule has 0 atom stereocenters. The first kappa shape index (κ1) is 14.4. The summed E-state index contributed by atoms with van der Waals surface area (Å²) in [5, 5.41) is 0.820. The van der Waals surface area contributed by atoms with Crippen molar-refractivity contribution in [1.29, 1.82) is 0 Å². The lowest BCUT2D eigenvalue weighted by Gasteiger charge is -2.21. The van der Waals surface area contributed by atoms with Crippen molar-refractivity contribution in [3.63, 3.8) is 0 Å². The molecule has 2 rings (SSSR count). The highest BCUT2D eigenvalue weighted by Crippen LogP contribution is 2.28. The first-order valence-electron chi connectivity index (χ1n) is 7.12. The van der Waals surface area contributed by atoms with Gasteiger partial charge < -0.3 is 4.74 Å². The maximum Gasteiger partial charge on any atom is 0.163 e. The summed E-state index contributed by atoms with van der Waals surface area (Å²) in [6.07, 6.45) is 6.88. The quantitative estimate of drug-likeness (QED) is 0.572. The summed E-state index contributed by atoms with van der Waals surface area (Å²) in [5.74, 6) is 1.80. The second-order valence-corrected chi connectivity index (χ2v) is 6.44. The number of thioether (sulfide) groups is 1. The summed E-state index contributed by atoms with van der Waals surface area (Å²) in [7, 11) is 0. The third-order valence-corrected chi connectivity index (χ3v) is 4.86. The summed E-state index contributed by atoms with van der Waals surface area (Å²) >= 11 is 2.02. The van der Waals surface area contributed by atoms with Crippen molar-refractivity contribution in [3.05, 3.63) is 29.8 Å². The van der Waals surface area contributed by atoms with Crippen molar-refractivity contribution >= 4 is 17.5 Å². The molecule has 1 aromatic rings. The van der Waals surface area contributed by atoms with E-state index >= 15 is 0 Å². The first-order chi connectivity index (χ1) is 9.27. The van der Waals surface area contributed by atoms with Crippen LogP contribution in [0, 0.1) is 0 Å². The third-order valence-electron chi connectivity index (χ3n) is 3.51. The van der Waals surface area contributed by atoms with Gasteiger partial charge in [0.05, 0.1) is 12.2 Å². The molecule has 0 radical (unpaired) electrons. The number of ketones is 1. The Labute approximate surface area is 119 Å². The van der Waals surface area contributed by atoms with E-state index in [0.717, 1.165) is 16.8 Å². The molecule has 2 nitrogen and oxygen atoms in total. The average molecular weight is 278 g/mol. The number of rotatable bonds is 6. The second-order valence-electron chi connectivity index (χ2n) is 5.03. The Balaban J connectivity index is 1.74. The van der Waals surface area contributed by atoms with E-state index in [-0.39, 0.29) is 5.78 Å². The van der Waals surface area contributed by atoms with Crippen molar-refractivity contribution in [1.82, 2.24) is 0 Å². The largest absolute Gasteiger partial charge is 0.492 e. The Kier molecular flexibility index (Phi) is 5.77. The van der Waals surface area contributed by atoms with E-state index in [1.165, 1.54) is 32.1 Å². The fourth-order valence-electron chi connectivity index (χ4n) is 2.48. The predicted octanol–water partition coefficient (Wildman–Crippen LogP) is 4.33. The molecular weight excluding hydrogens is 256 g/mol. The number of carbonyl (C=O) groups is 1. The summed E-state index contributed by atoms with van der Waals surface area (Å²) in [5.41, 5.74) is 0.685. The summed E-state index contributed by atoms with van der Waals surface area (Å²) in [6, 6.07) is 7.49. The van der Waals surface area contributed by atoms with Crippen LogP contribution in [0.1, 0.15) is 49.4 Å². The number of benzene rings is 1. The van der Waals surface area contributed by atoms with E-state index in [2.05, 4.69) is 0 Å². The lowest BCUT2D eigenvalue weighted by molar-refractivity contribution is 0.101. The van der Waals surface area contributed by atoms with Crippen LogP contribution >= 0.6 is 11.8 Å². The van der Waals surface area contributed by atoms with Crippen LogP contribution in [0.4, 0.5) is 0 Å². The molecule has 0 amide bonds. The van der Waals surface area contributed by atoms with Gasteiger partial charge in [-0.15, -0.1) is 0 Å². The van der Waals surface area contributed by atoms with E-state index in [9.17, 15) is 4.79 Å². The molecule has 0 unspecified atom stereocenters. The monoisotopic (exact) mass is 278 g/mol. The van der Waals surface area contributed by atoms with Crippen LogP contribution in [0.15, 0.2) is 24.3 Å². The molecule has 104 valence electrons. The molecule has 0 spiro atoms. The van der Waals surface area contributed by atoms with Crippen molar-refractivity contribution in [2.24, 2.45) is 0 Å². The van der Waals surface area contributed by atoms with Gasteiger partial charge in [0.25, 0.3) is 0 Å². The Morgan fingerprint density at radius 1 is 1.26 bits per heavy atom. The van der Waals surface area contributed by atoms with Gasteiger partial charge in [-0.05, 0) is 31.9 Å². The molecule has 0 bridgehead atoms. The van der Waals surface area contributed by atoms with Gasteiger partial charge in [0.1, 0.15) is 5.75 Å². The lowest BCUT2D eigenvalue weighted by atomic mass is 10.0. The third kappa shape index (κ3) is 4.57. The number of carbonyl (C=O) groups excluding carboxylic acids is 1. The van der Waals surface area contributed by atoms with Crippen LogP contribution in [0.5, 0.6) is 5.75 Å². The molecule has 1 aliphatic rings. The molecule has 1 saturated carbocycles. The lowest BCUT2D eigenvalue weighted by Crippen LogP contribution is -2.11. The van der Waals surface area contributed by atoms with Crippen LogP contribution < -0.4 is 4.74 Å². The zero-order valence-electron chi connectivity index (χ0n) is 11.6. The summed E-state index contributed by atoms with van der Waals surface area (Å²) in [6.45, 7) is 2.27. The molecule has 0 saturated heterocycles. The molecule has 1 aliphatic carbocycles. The number of hydrogen-bond donors (Lipinski definition) is 0. The Morgan fingerprint density at radius 2 is 2.00 bits per heavy atom. The van der Waals surface area contributed by atoms with Crippen LogP contribution in [-0.2, 0) is 0 Å². The second kappa shape index (κ2) is 7.59. The maximum atomic E-state index is 11.5. The van der Waals surface area contributed by atoms with Gasteiger partial charge in [-0.25, -0.2) is 0 Å². The maximum absolute atomic E-state index is 11.5. The molecule has 3 heteroatoms. The Hall–Kier alpha value is -0.960. The number of para-hydroxylation sites is 1. The fourth-order valence-corrected chi connectivity index (χ4v) is 3.66. The van der Waals surface area contributed by atoms with Gasteiger partial charge in [-0.3, -0.25) is 4.79 Å². The molecule has 1 aromatic carbocycles. The van der Waals surface area contributed by atoms with Crippen LogP contribution in [0.3, 0.4) is 0 Å². The minimum absolute atomic E-state index is 0.0653. The fraction of sp³-hybridized carbons (Fsp3) is 0.562. The van der Waals surface area contributed by atoms with Gasteiger partial charge in [0.2, 0.25) is 0 Å². The number of Topliss-reactive ketones (excluding diaryl/α,β-unsaturated/α-hetero) is 1. The van der Waals surface area contributed by atoms with Gasteiger partial charge in [0.15, 0.2) is 5.78 Å². The van der Waals surface area contributed by atoms with Crippen LogP contribution in [0.2, 0.25) is 0 Å². The van der Waals surface area contributed by atoms with E-state index in [1.54, 1.807) is 6.92 Å². The van der Waals surface area contributed by atoms with E-state index < -0.39 is 0 Å². The predicted molar refractivity (Wildman–Crippen MR) is 81.3 cm³/mol. The molecular formula is C16H22O2S. The van der Waals surface area contributed by atoms with Crippen molar-refractivity contribution in [2.45, 2.75) is 44.3 Å². The summed E-state index contributed by atoms with van der Waals surface area (Å²) < 4.78 is 5.75. The Morgan fingerprint density at radius 3 is 2.74 bits per heavy atom. The zero-order chi connectivity index (χ0) is 13.5. The number of hydrogen-bond acceptors (Lipinski definition) is 3. The molecule has 0 N–H and O–H groups in total. The van der Waals surface area contributed by atoms with Crippen molar-refractivity contribution in [3.8, 4) is 5.75 Å². The number of ether oxygens (including phenoxy) is 1. The smallest absolute Gasteiger partial charge is 0.163 e. The van der Waals surface area contributed by atoms with Gasteiger partial charge >= 0.3 is 0 Å². The Bertz CT molecular complexity index is 411. The normalized spacial score (nSPS) is 16.3. The SMILES string of the molecule is CC(=O)c1ccccc1OCCSC1CCCCC1. The standard InChI is InChI=1S/C16H22O2S/c1-13(17)15-9-5-6-10-16(15)18-11-12-19-14-7-3-2-4-8-14/h5-6,9-10,14H,2-4,7-8,11-12H2,1H3. The zero-order valence-corrected chi connectivity index (χ0v) is 12.4. The van der Waals surface area contributed by atoms with E-state index in [4.69, 9.17) is 4.74 Å². The summed E-state index contributed by atoms with van der Waals surface area (Å²) in [4.78, 5) is 11.5. The minimum Gasteiger partial charge on any atom is -0.492 e. The van der Waals surface area contributed by atoms with Crippen molar-refractivity contribution < 1.29 is 9.53 Å². The highest BCUT2D eigenvalue weighted by Gasteiger charge is 2.13. The van der Waals surface area contributed by atoms with E-state index in [1.807, 2.05) is 36.0 Å². The highest BCUT2D eigenvalue weighted by atomic mass is 32.2. The molecule has 19 heavy (non-hydrogen) atoms. The highest BCUT2D eigenvalue weighted by molar-refractivity contribution is 7.99. The molecule has 0 aliphatic heterocycles. The molecule has 1 fully saturated rings.